The van der Waals surface area contributed by atoms with E-state index < -0.39 is 4.92 Å². The molecule has 2 rings (SSSR count). The van der Waals surface area contributed by atoms with Crippen LogP contribution in [0.3, 0.4) is 0 Å². The van der Waals surface area contributed by atoms with Crippen molar-refractivity contribution in [2.45, 2.75) is 12.8 Å². The minimum Gasteiger partial charge on any atom is -0.492 e. The van der Waals surface area contributed by atoms with Crippen LogP contribution in [0.25, 0.3) is 0 Å². The van der Waals surface area contributed by atoms with Gasteiger partial charge in [-0.3, -0.25) is 14.9 Å². The molecule has 0 heterocycles. The first-order valence-electron chi connectivity index (χ1n) is 7.60. The Bertz CT molecular complexity index is 810. The van der Waals surface area contributed by atoms with Crippen molar-refractivity contribution in [3.63, 3.8) is 0 Å². The summed E-state index contributed by atoms with van der Waals surface area (Å²) >= 11 is 11.8. The summed E-state index contributed by atoms with van der Waals surface area (Å²) in [7, 11) is 0. The van der Waals surface area contributed by atoms with Crippen molar-refractivity contribution in [1.29, 1.82) is 0 Å². The summed E-state index contributed by atoms with van der Waals surface area (Å²) in [6, 6.07) is 10.7. The molecule has 7 nitrogen and oxygen atoms in total. The van der Waals surface area contributed by atoms with Gasteiger partial charge < -0.3 is 4.74 Å². The molecular formula is C17H15Cl2N3O4. The molecule has 0 atom stereocenters. The zero-order valence-corrected chi connectivity index (χ0v) is 15.0. The van der Waals surface area contributed by atoms with E-state index in [1.807, 2.05) is 0 Å². The molecule has 0 aromatic heterocycles. The van der Waals surface area contributed by atoms with E-state index in [9.17, 15) is 14.9 Å². The summed E-state index contributed by atoms with van der Waals surface area (Å²) in [6.45, 7) is 0.320. The molecule has 0 radical (unpaired) electrons. The van der Waals surface area contributed by atoms with E-state index in [0.29, 0.717) is 34.4 Å². The van der Waals surface area contributed by atoms with Crippen LogP contribution in [0.5, 0.6) is 5.75 Å². The molecule has 9 heteroatoms. The zero-order valence-electron chi connectivity index (χ0n) is 13.5. The fourth-order valence-electron chi connectivity index (χ4n) is 1.92. The van der Waals surface area contributed by atoms with Gasteiger partial charge in [-0.2, -0.15) is 5.10 Å². The van der Waals surface area contributed by atoms with Crippen LogP contribution in [0.1, 0.15) is 18.4 Å². The number of hydrazone groups is 1. The maximum absolute atomic E-state index is 11.7. The Labute approximate surface area is 159 Å². The van der Waals surface area contributed by atoms with Gasteiger partial charge in [0.2, 0.25) is 5.91 Å². The van der Waals surface area contributed by atoms with E-state index in [2.05, 4.69) is 10.5 Å². The molecule has 0 unspecified atom stereocenters. The number of carbonyl (C=O) groups is 1. The number of hydrogen-bond donors (Lipinski definition) is 1. The lowest BCUT2D eigenvalue weighted by molar-refractivity contribution is -0.384. The standard InChI is InChI=1S/C17H15Cl2N3O4/c18-13-5-8-16(15(19)10-13)26-9-1-2-17(23)21-20-11-12-3-6-14(7-4-12)22(24)25/h3-8,10-11H,1-2,9H2,(H,21,23)/b20-11+. The van der Waals surface area contributed by atoms with Crippen molar-refractivity contribution in [1.82, 2.24) is 5.43 Å². The second-order valence-corrected chi connectivity index (χ2v) is 6.01. The number of nitro groups is 1. The molecule has 0 saturated carbocycles. The van der Waals surface area contributed by atoms with Crippen LogP contribution >= 0.6 is 23.2 Å². The SMILES string of the molecule is O=C(CCCOc1ccc(Cl)cc1Cl)N/N=C/c1ccc([N+](=O)[O-])cc1. The van der Waals surface area contributed by atoms with Crippen LogP contribution in [0.15, 0.2) is 47.6 Å². The van der Waals surface area contributed by atoms with Gasteiger partial charge in [0.05, 0.1) is 22.8 Å². The highest BCUT2D eigenvalue weighted by Crippen LogP contribution is 2.27. The monoisotopic (exact) mass is 395 g/mol. The summed E-state index contributed by atoms with van der Waals surface area (Å²) < 4.78 is 5.48. The molecule has 0 aliphatic carbocycles. The second kappa shape index (κ2) is 9.74. The minimum absolute atomic E-state index is 0.00743. The Morgan fingerprint density at radius 3 is 2.62 bits per heavy atom. The predicted molar refractivity (Wildman–Crippen MR) is 100 cm³/mol. The highest BCUT2D eigenvalue weighted by molar-refractivity contribution is 6.35. The Kier molecular flexibility index (Phi) is 7.37. The van der Waals surface area contributed by atoms with Crippen molar-refractivity contribution < 1.29 is 14.5 Å². The molecule has 0 spiro atoms. The van der Waals surface area contributed by atoms with Crippen molar-refractivity contribution in [2.75, 3.05) is 6.61 Å². The lowest BCUT2D eigenvalue weighted by Gasteiger charge is -2.07. The highest BCUT2D eigenvalue weighted by atomic mass is 35.5. The number of nitro benzene ring substituents is 1. The molecule has 1 N–H and O–H groups in total. The summed E-state index contributed by atoms with van der Waals surface area (Å²) in [6.07, 6.45) is 2.12. The number of ether oxygens (including phenoxy) is 1. The molecule has 136 valence electrons. The van der Waals surface area contributed by atoms with Crippen molar-refractivity contribution >= 4 is 41.0 Å². The molecule has 0 fully saturated rings. The number of halogens is 2. The van der Waals surface area contributed by atoms with Crippen LogP contribution < -0.4 is 10.2 Å². The van der Waals surface area contributed by atoms with Crippen LogP contribution in [-0.2, 0) is 4.79 Å². The third kappa shape index (κ3) is 6.34. The lowest BCUT2D eigenvalue weighted by Crippen LogP contribution is -2.18. The van der Waals surface area contributed by atoms with E-state index in [1.54, 1.807) is 18.2 Å². The molecule has 26 heavy (non-hydrogen) atoms. The third-order valence-electron chi connectivity index (χ3n) is 3.21. The topological polar surface area (TPSA) is 93.8 Å². The Morgan fingerprint density at radius 2 is 1.96 bits per heavy atom. The Hall–Kier alpha value is -2.64. The number of benzene rings is 2. The number of non-ortho nitro benzene ring substituents is 1. The van der Waals surface area contributed by atoms with Gasteiger partial charge in [0.1, 0.15) is 5.75 Å². The quantitative estimate of drug-likeness (QED) is 0.313. The smallest absolute Gasteiger partial charge is 0.269 e. The number of carbonyl (C=O) groups excluding carboxylic acids is 1. The maximum atomic E-state index is 11.7. The van der Waals surface area contributed by atoms with Gasteiger partial charge in [-0.15, -0.1) is 0 Å². The van der Waals surface area contributed by atoms with E-state index in [1.165, 1.54) is 30.5 Å². The van der Waals surface area contributed by atoms with Crippen LogP contribution in [0.2, 0.25) is 10.0 Å². The van der Waals surface area contributed by atoms with E-state index in [0.717, 1.165) is 0 Å². The Morgan fingerprint density at radius 1 is 1.23 bits per heavy atom. The predicted octanol–water partition coefficient (Wildman–Crippen LogP) is 4.21. The summed E-state index contributed by atoms with van der Waals surface area (Å²) in [4.78, 5) is 21.8. The van der Waals surface area contributed by atoms with E-state index >= 15 is 0 Å². The van der Waals surface area contributed by atoms with Gasteiger partial charge in [0.25, 0.3) is 5.69 Å². The van der Waals surface area contributed by atoms with Gasteiger partial charge in [-0.1, -0.05) is 23.2 Å². The summed E-state index contributed by atoms with van der Waals surface area (Å²) in [5.41, 5.74) is 3.01. The maximum Gasteiger partial charge on any atom is 0.269 e. The molecule has 0 aliphatic rings. The molecule has 2 aromatic rings. The first-order valence-corrected chi connectivity index (χ1v) is 8.35. The molecule has 0 saturated heterocycles. The van der Waals surface area contributed by atoms with Crippen molar-refractivity contribution in [2.24, 2.45) is 5.10 Å². The molecule has 2 aromatic carbocycles. The number of amides is 1. The fourth-order valence-corrected chi connectivity index (χ4v) is 2.39. The number of nitrogens with one attached hydrogen (secondary N) is 1. The van der Waals surface area contributed by atoms with Crippen molar-refractivity contribution in [3.8, 4) is 5.75 Å². The second-order valence-electron chi connectivity index (χ2n) is 5.17. The normalized spacial score (nSPS) is 10.7. The molecule has 0 aliphatic heterocycles. The Balaban J connectivity index is 1.69. The van der Waals surface area contributed by atoms with Gasteiger partial charge >= 0.3 is 0 Å². The fraction of sp³-hybridized carbons (Fsp3) is 0.176. The average Bonchev–Trinajstić information content (AvgIpc) is 2.60. The average molecular weight is 396 g/mol. The number of nitrogens with zero attached hydrogens (tertiary/aromatic N) is 2. The number of rotatable bonds is 8. The van der Waals surface area contributed by atoms with E-state index in [4.69, 9.17) is 27.9 Å². The van der Waals surface area contributed by atoms with Gasteiger partial charge in [-0.25, -0.2) is 5.43 Å². The minimum atomic E-state index is -0.484. The summed E-state index contributed by atoms with van der Waals surface area (Å²) in [5.74, 6) is 0.238. The first kappa shape index (κ1) is 19.7. The van der Waals surface area contributed by atoms with Gasteiger partial charge in [0.15, 0.2) is 0 Å². The highest BCUT2D eigenvalue weighted by Gasteiger charge is 2.05. The van der Waals surface area contributed by atoms with E-state index in [-0.39, 0.29) is 18.0 Å². The zero-order chi connectivity index (χ0) is 18.9. The largest absolute Gasteiger partial charge is 0.492 e. The van der Waals surface area contributed by atoms with Crippen LogP contribution in [0.4, 0.5) is 5.69 Å². The lowest BCUT2D eigenvalue weighted by atomic mass is 10.2. The molecule has 1 amide bonds. The van der Waals surface area contributed by atoms with Crippen molar-refractivity contribution in [3.05, 3.63) is 68.2 Å². The third-order valence-corrected chi connectivity index (χ3v) is 3.74. The molecule has 0 bridgehead atoms. The molecular weight excluding hydrogens is 381 g/mol. The van der Waals surface area contributed by atoms with Gasteiger partial charge in [0, 0.05) is 23.6 Å². The summed E-state index contributed by atoms with van der Waals surface area (Å²) in [5, 5.41) is 15.3. The first-order chi connectivity index (χ1) is 12.5. The van der Waals surface area contributed by atoms with Crippen LogP contribution in [0, 0.1) is 10.1 Å². The van der Waals surface area contributed by atoms with Crippen LogP contribution in [-0.4, -0.2) is 23.7 Å². The number of hydrogen-bond acceptors (Lipinski definition) is 5. The van der Waals surface area contributed by atoms with Gasteiger partial charge in [-0.05, 0) is 42.3 Å².